The van der Waals surface area contributed by atoms with Crippen LogP contribution in [-0.2, 0) is 4.79 Å². The van der Waals surface area contributed by atoms with Crippen LogP contribution >= 0.6 is 34.8 Å². The average Bonchev–Trinajstić information content (AvgIpc) is 2.53. The maximum Gasteiger partial charge on any atom is 0.319 e. The van der Waals surface area contributed by atoms with E-state index in [2.05, 4.69) is 16.0 Å². The maximum absolute atomic E-state index is 12.9. The zero-order valence-electron chi connectivity index (χ0n) is 13.6. The van der Waals surface area contributed by atoms with Crippen LogP contribution in [0, 0.1) is 0 Å². The van der Waals surface area contributed by atoms with E-state index in [1.165, 1.54) is 0 Å². The SMILES string of the molecule is CC1=C(C(=O)Nc2cccc(Cl)c2)C(c2ccc(Cl)cc2Cl)NC(=O)N1. The summed E-state index contributed by atoms with van der Waals surface area (Å²) in [5, 5.41) is 9.44. The van der Waals surface area contributed by atoms with E-state index in [-0.39, 0.29) is 5.91 Å². The number of carbonyl (C=O) groups excluding carboxylic acids is 2. The van der Waals surface area contributed by atoms with Gasteiger partial charge in [-0.05, 0) is 42.8 Å². The van der Waals surface area contributed by atoms with Crippen LogP contribution in [0.15, 0.2) is 53.7 Å². The monoisotopic (exact) mass is 409 g/mol. The number of amides is 3. The number of benzene rings is 2. The van der Waals surface area contributed by atoms with Crippen molar-refractivity contribution in [2.45, 2.75) is 13.0 Å². The van der Waals surface area contributed by atoms with Gasteiger partial charge in [0.1, 0.15) is 0 Å². The molecule has 26 heavy (non-hydrogen) atoms. The molecule has 1 heterocycles. The fraction of sp³-hybridized carbons (Fsp3) is 0.111. The maximum atomic E-state index is 12.9. The lowest BCUT2D eigenvalue weighted by Gasteiger charge is -2.29. The van der Waals surface area contributed by atoms with Crippen molar-refractivity contribution >= 4 is 52.4 Å². The van der Waals surface area contributed by atoms with Crippen molar-refractivity contribution in [1.29, 1.82) is 0 Å². The number of rotatable bonds is 3. The van der Waals surface area contributed by atoms with Gasteiger partial charge in [0, 0.05) is 26.5 Å². The van der Waals surface area contributed by atoms with Crippen molar-refractivity contribution in [2.24, 2.45) is 0 Å². The summed E-state index contributed by atoms with van der Waals surface area (Å²) in [5.41, 5.74) is 1.89. The molecule has 2 aromatic rings. The Balaban J connectivity index is 1.98. The molecular formula is C18H14Cl3N3O2. The molecule has 0 aliphatic carbocycles. The van der Waals surface area contributed by atoms with E-state index >= 15 is 0 Å². The molecule has 0 bridgehead atoms. The van der Waals surface area contributed by atoms with Gasteiger partial charge in [0.2, 0.25) is 0 Å². The van der Waals surface area contributed by atoms with Crippen molar-refractivity contribution in [1.82, 2.24) is 10.6 Å². The molecule has 0 radical (unpaired) electrons. The number of nitrogens with one attached hydrogen (secondary N) is 3. The summed E-state index contributed by atoms with van der Waals surface area (Å²) in [6.45, 7) is 1.66. The van der Waals surface area contributed by atoms with Crippen LogP contribution in [0.4, 0.5) is 10.5 Å². The van der Waals surface area contributed by atoms with Gasteiger partial charge in [-0.15, -0.1) is 0 Å². The Hall–Kier alpha value is -2.21. The van der Waals surface area contributed by atoms with Gasteiger partial charge in [-0.25, -0.2) is 4.79 Å². The van der Waals surface area contributed by atoms with Gasteiger partial charge in [-0.1, -0.05) is 46.9 Å². The number of allylic oxidation sites excluding steroid dienone is 1. The second-order valence-electron chi connectivity index (χ2n) is 5.70. The van der Waals surface area contributed by atoms with Crippen LogP contribution in [0.2, 0.25) is 15.1 Å². The first kappa shape index (κ1) is 18.6. The zero-order chi connectivity index (χ0) is 18.8. The molecule has 3 rings (SSSR count). The zero-order valence-corrected chi connectivity index (χ0v) is 15.8. The summed E-state index contributed by atoms with van der Waals surface area (Å²) >= 11 is 18.2. The minimum Gasteiger partial charge on any atom is -0.327 e. The highest BCUT2D eigenvalue weighted by molar-refractivity contribution is 6.35. The quantitative estimate of drug-likeness (QED) is 0.672. The number of hydrogen-bond donors (Lipinski definition) is 3. The van der Waals surface area contributed by atoms with Crippen LogP contribution in [0.25, 0.3) is 0 Å². The molecule has 0 spiro atoms. The highest BCUT2D eigenvalue weighted by atomic mass is 35.5. The molecule has 3 amide bonds. The fourth-order valence-electron chi connectivity index (χ4n) is 2.73. The van der Waals surface area contributed by atoms with E-state index in [0.29, 0.717) is 37.6 Å². The Labute approximate surface area is 165 Å². The van der Waals surface area contributed by atoms with Gasteiger partial charge in [-0.3, -0.25) is 4.79 Å². The molecule has 0 saturated carbocycles. The third kappa shape index (κ3) is 3.96. The van der Waals surface area contributed by atoms with Crippen LogP contribution < -0.4 is 16.0 Å². The fourth-order valence-corrected chi connectivity index (χ4v) is 3.44. The Kier molecular flexibility index (Phi) is 5.41. The highest BCUT2D eigenvalue weighted by Crippen LogP contribution is 2.33. The van der Waals surface area contributed by atoms with Crippen molar-refractivity contribution in [2.75, 3.05) is 5.32 Å². The van der Waals surface area contributed by atoms with Gasteiger partial charge < -0.3 is 16.0 Å². The van der Waals surface area contributed by atoms with Crippen LogP contribution in [-0.4, -0.2) is 11.9 Å². The van der Waals surface area contributed by atoms with Gasteiger partial charge >= 0.3 is 6.03 Å². The second-order valence-corrected chi connectivity index (χ2v) is 6.98. The van der Waals surface area contributed by atoms with Crippen LogP contribution in [0.3, 0.4) is 0 Å². The lowest BCUT2D eigenvalue weighted by Crippen LogP contribution is -2.46. The smallest absolute Gasteiger partial charge is 0.319 e. The largest absolute Gasteiger partial charge is 0.327 e. The van der Waals surface area contributed by atoms with E-state index in [1.807, 2.05) is 0 Å². The molecule has 2 aromatic carbocycles. The van der Waals surface area contributed by atoms with Crippen molar-refractivity contribution in [3.05, 3.63) is 74.4 Å². The summed E-state index contributed by atoms with van der Waals surface area (Å²) < 4.78 is 0. The summed E-state index contributed by atoms with van der Waals surface area (Å²) in [5.74, 6) is -0.381. The molecule has 1 unspecified atom stereocenters. The lowest BCUT2D eigenvalue weighted by atomic mass is 9.94. The first-order chi connectivity index (χ1) is 12.3. The molecule has 1 aliphatic rings. The summed E-state index contributed by atoms with van der Waals surface area (Å²) in [6, 6.07) is 10.6. The standard InChI is InChI=1S/C18H14Cl3N3O2/c1-9-15(17(25)23-12-4-2-3-10(19)7-12)16(24-18(26)22-9)13-6-5-11(20)8-14(13)21/h2-8,16H,1H3,(H,23,25)(H2,22,24,26). The third-order valence-corrected chi connectivity index (χ3v) is 4.67. The van der Waals surface area contributed by atoms with Crippen molar-refractivity contribution in [3.8, 4) is 0 Å². The molecule has 0 fully saturated rings. The van der Waals surface area contributed by atoms with Crippen LogP contribution in [0.1, 0.15) is 18.5 Å². The lowest BCUT2D eigenvalue weighted by molar-refractivity contribution is -0.113. The van der Waals surface area contributed by atoms with Gasteiger partial charge in [0.25, 0.3) is 5.91 Å². The minimum atomic E-state index is -0.715. The number of anilines is 1. The molecule has 1 atom stereocenters. The van der Waals surface area contributed by atoms with Gasteiger partial charge in [-0.2, -0.15) is 0 Å². The molecule has 0 saturated heterocycles. The van der Waals surface area contributed by atoms with E-state index < -0.39 is 12.1 Å². The number of carbonyl (C=O) groups is 2. The van der Waals surface area contributed by atoms with Gasteiger partial charge in [0.05, 0.1) is 11.6 Å². The number of urea groups is 1. The first-order valence-electron chi connectivity index (χ1n) is 7.65. The molecule has 134 valence electrons. The predicted octanol–water partition coefficient (Wildman–Crippen LogP) is 4.91. The Morgan fingerprint density at radius 3 is 2.50 bits per heavy atom. The number of hydrogen-bond acceptors (Lipinski definition) is 2. The van der Waals surface area contributed by atoms with E-state index in [4.69, 9.17) is 34.8 Å². The molecular weight excluding hydrogens is 397 g/mol. The Morgan fingerprint density at radius 1 is 1.08 bits per heavy atom. The van der Waals surface area contributed by atoms with Crippen molar-refractivity contribution < 1.29 is 9.59 Å². The molecule has 1 aliphatic heterocycles. The first-order valence-corrected chi connectivity index (χ1v) is 8.78. The predicted molar refractivity (Wildman–Crippen MR) is 104 cm³/mol. The highest BCUT2D eigenvalue weighted by Gasteiger charge is 2.32. The van der Waals surface area contributed by atoms with Crippen molar-refractivity contribution in [3.63, 3.8) is 0 Å². The van der Waals surface area contributed by atoms with Gasteiger partial charge in [0.15, 0.2) is 0 Å². The average molecular weight is 411 g/mol. The molecule has 5 nitrogen and oxygen atoms in total. The Bertz CT molecular complexity index is 928. The van der Waals surface area contributed by atoms with E-state index in [1.54, 1.807) is 49.4 Å². The summed E-state index contributed by atoms with van der Waals surface area (Å²) in [4.78, 5) is 24.8. The Morgan fingerprint density at radius 2 is 1.81 bits per heavy atom. The normalized spacial score (nSPS) is 16.8. The molecule has 8 heteroatoms. The third-order valence-electron chi connectivity index (χ3n) is 3.87. The van der Waals surface area contributed by atoms with E-state index in [9.17, 15) is 9.59 Å². The summed E-state index contributed by atoms with van der Waals surface area (Å²) in [6.07, 6.45) is 0. The minimum absolute atomic E-state index is 0.341. The molecule has 3 N–H and O–H groups in total. The van der Waals surface area contributed by atoms with E-state index in [0.717, 1.165) is 0 Å². The number of halogens is 3. The van der Waals surface area contributed by atoms with Crippen LogP contribution in [0.5, 0.6) is 0 Å². The second kappa shape index (κ2) is 7.58. The molecule has 0 aromatic heterocycles. The summed E-state index contributed by atoms with van der Waals surface area (Å²) in [7, 11) is 0. The topological polar surface area (TPSA) is 70.2 Å².